The fourth-order valence-electron chi connectivity index (χ4n) is 14.1. The SMILES string of the molecule is C.CC([N-]CCCCC[N-]C(C)[N-]C1CCCCC1)[N-]C1CCCCC1.[CH2-]c1ccccc1.[CH2-]c1ccccc1.[CH2-]c1ccccc1.[CH2-]c1ccccc1.[CH2-]c1ccccc1.[CH2-]c1ccccc1.[Zr+4].[Zr].c1ccc(P(C(=NCCCCCN=C(NC2CCCCC2)P(c2ccccc2)c2ccccc2)NC2CCCCC2)c2ccccc2)cc1. The molecular formula is C107H140N8P2Zr2-6. The molecule has 10 aromatic carbocycles. The molecule has 0 spiro atoms. The molecule has 0 bridgehead atoms. The van der Waals surface area contributed by atoms with E-state index in [9.17, 15) is 0 Å². The van der Waals surface area contributed by atoms with Gasteiger partial charge in [-0.25, -0.2) is 12.3 Å². The topological polar surface area (TPSA) is 105 Å². The van der Waals surface area contributed by atoms with Crippen LogP contribution in [0, 0.1) is 41.5 Å². The van der Waals surface area contributed by atoms with Gasteiger partial charge in [-0.2, -0.15) is 148 Å². The average Bonchev–Trinajstić information content (AvgIpc) is 0.823. The molecule has 4 saturated carbocycles. The predicted molar refractivity (Wildman–Crippen MR) is 518 cm³/mol. The summed E-state index contributed by atoms with van der Waals surface area (Å²) in [5.41, 5.74) is 8.83. The van der Waals surface area contributed by atoms with E-state index in [0.717, 1.165) is 78.8 Å². The molecule has 0 heterocycles. The van der Waals surface area contributed by atoms with Gasteiger partial charge in [0.25, 0.3) is 0 Å². The second-order valence-corrected chi connectivity index (χ2v) is 34.6. The van der Waals surface area contributed by atoms with Gasteiger partial charge >= 0.3 is 26.2 Å². The van der Waals surface area contributed by atoms with Gasteiger partial charge in [0, 0.05) is 67.2 Å². The maximum absolute atomic E-state index is 5.38. The molecule has 2 atom stereocenters. The van der Waals surface area contributed by atoms with Gasteiger partial charge in [-0.05, 0) is 66.2 Å². The van der Waals surface area contributed by atoms with Crippen LogP contribution in [0.1, 0.15) is 222 Å². The van der Waals surface area contributed by atoms with Gasteiger partial charge in [0.05, 0.1) is 0 Å². The van der Waals surface area contributed by atoms with Crippen molar-refractivity contribution in [3.05, 3.63) is 400 Å². The number of rotatable bonds is 26. The summed E-state index contributed by atoms with van der Waals surface area (Å²) >= 11 is 0. The fourth-order valence-corrected chi connectivity index (χ4v) is 18.6. The molecule has 632 valence electrons. The van der Waals surface area contributed by atoms with E-state index in [4.69, 9.17) is 31.3 Å². The van der Waals surface area contributed by atoms with Crippen molar-refractivity contribution >= 4 is 48.2 Å². The van der Waals surface area contributed by atoms with Gasteiger partial charge in [0.2, 0.25) is 0 Å². The van der Waals surface area contributed by atoms with E-state index >= 15 is 0 Å². The Kier molecular flexibility index (Phi) is 59.0. The predicted octanol–water partition coefficient (Wildman–Crippen LogP) is 27.8. The van der Waals surface area contributed by atoms with Crippen LogP contribution in [0.5, 0.6) is 0 Å². The first-order valence-corrected chi connectivity index (χ1v) is 46.0. The number of nitrogens with zero attached hydrogens (tertiary/aromatic N) is 6. The molecule has 0 amide bonds. The Morgan fingerprint density at radius 1 is 0.303 bits per heavy atom. The minimum atomic E-state index is -0.725. The summed E-state index contributed by atoms with van der Waals surface area (Å²) < 4.78 is 0. The Labute approximate surface area is 765 Å². The zero-order chi connectivity index (χ0) is 81.8. The van der Waals surface area contributed by atoms with Crippen molar-refractivity contribution in [1.82, 2.24) is 10.6 Å². The maximum Gasteiger partial charge on any atom is 4.00 e. The number of hydrogen-bond acceptors (Lipinski definition) is 2. The molecule has 14 rings (SSSR count). The smallest absolute Gasteiger partial charge is 0.678 e. The first-order chi connectivity index (χ1) is 56.9. The Hall–Kier alpha value is -7.17. The van der Waals surface area contributed by atoms with Crippen LogP contribution in [0.15, 0.2) is 313 Å². The summed E-state index contributed by atoms with van der Waals surface area (Å²) in [6.45, 7) is 30.2. The van der Waals surface area contributed by atoms with Crippen LogP contribution in [0.3, 0.4) is 0 Å². The van der Waals surface area contributed by atoms with Gasteiger partial charge in [0.15, 0.2) is 0 Å². The van der Waals surface area contributed by atoms with Crippen molar-refractivity contribution in [2.45, 2.75) is 225 Å². The van der Waals surface area contributed by atoms with Gasteiger partial charge < -0.3 is 31.9 Å². The third-order valence-electron chi connectivity index (χ3n) is 20.4. The normalized spacial score (nSPS) is 14.7. The number of benzene rings is 10. The van der Waals surface area contributed by atoms with E-state index in [0.29, 0.717) is 24.2 Å². The van der Waals surface area contributed by atoms with Crippen LogP contribution >= 0.6 is 15.8 Å². The van der Waals surface area contributed by atoms with Gasteiger partial charge in [0.1, 0.15) is 11.2 Å². The van der Waals surface area contributed by atoms with E-state index in [-0.39, 0.29) is 72.2 Å². The second-order valence-electron chi connectivity index (χ2n) is 30.4. The molecule has 4 fully saturated rings. The van der Waals surface area contributed by atoms with E-state index < -0.39 is 15.8 Å². The van der Waals surface area contributed by atoms with Crippen LogP contribution in [0.4, 0.5) is 0 Å². The Bertz CT molecular complexity index is 3470. The largest absolute Gasteiger partial charge is 4.00 e. The minimum absolute atomic E-state index is 0. The average molecular weight is 1780 g/mol. The van der Waals surface area contributed by atoms with E-state index in [2.05, 4.69) is 187 Å². The molecule has 0 aliphatic heterocycles. The number of aliphatic imine (C=N–C) groups is 2. The van der Waals surface area contributed by atoms with Crippen molar-refractivity contribution in [2.24, 2.45) is 9.98 Å². The molecule has 0 radical (unpaired) electrons. The fraction of sp³-hybridized carbons (Fsp3) is 0.364. The molecule has 0 saturated heterocycles. The number of nitrogens with one attached hydrogen (secondary N) is 2. The molecule has 12 heteroatoms. The molecule has 2 unspecified atom stereocenters. The van der Waals surface area contributed by atoms with Crippen molar-refractivity contribution in [1.29, 1.82) is 0 Å². The van der Waals surface area contributed by atoms with Gasteiger partial charge in [-0.3, -0.25) is 9.98 Å². The van der Waals surface area contributed by atoms with Gasteiger partial charge in [-0.15, -0.1) is 112 Å². The standard InChI is InChI=1S/C43H54N4P2.C21H40N4.6C7H7.CH4.2Zr/c1-8-22-36(23-9-1)46-42(48(38-26-12-3-13-27-38)39-28-14-4-15-29-39)44-34-20-7-21-35-45-43(47-37-24-10-2-11-25-37)49(40-30-16-5-17-31-40)41-32-18-6-19-33-41;1-18(24-20-12-6-3-7-13-20)22-16-10-5-11-17-23-19(2)25-21-14-8-4-9-15-21;6*1-7-5-3-2-4-6-7;;;/h3-6,12-19,26-33,36-37H,1-2,7-11,20-25,34-35H2,(H,44,46)(H,45,47);18-21H,3-17H2,1-2H3;6*2-6H,1H2;1H4;;/q;-4;6*-1;;;+4. The zero-order valence-electron chi connectivity index (χ0n) is 71.4. The molecule has 8 nitrogen and oxygen atoms in total. The minimum Gasteiger partial charge on any atom is -0.678 e. The maximum atomic E-state index is 5.38. The Morgan fingerprint density at radius 2 is 0.504 bits per heavy atom. The van der Waals surface area contributed by atoms with E-state index in [1.165, 1.54) is 180 Å². The van der Waals surface area contributed by atoms with E-state index in [1.54, 1.807) is 0 Å². The quantitative estimate of drug-likeness (QED) is 0.0185. The first kappa shape index (κ1) is 104. The van der Waals surface area contributed by atoms with Crippen molar-refractivity contribution in [3.8, 4) is 0 Å². The van der Waals surface area contributed by atoms with Crippen LogP contribution in [0.2, 0.25) is 0 Å². The second kappa shape index (κ2) is 67.4. The Morgan fingerprint density at radius 3 is 0.714 bits per heavy atom. The summed E-state index contributed by atoms with van der Waals surface area (Å²) in [6, 6.07) is 106. The van der Waals surface area contributed by atoms with E-state index in [1.807, 2.05) is 182 Å². The third-order valence-corrected chi connectivity index (χ3v) is 25.0. The molecule has 4 aliphatic carbocycles. The number of unbranched alkanes of at least 4 members (excludes halogenated alkanes) is 4. The van der Waals surface area contributed by atoms with Crippen LogP contribution in [-0.2, 0) is 52.4 Å². The zero-order valence-corrected chi connectivity index (χ0v) is 78.1. The Balaban J connectivity index is 0.000000347. The first-order valence-electron chi connectivity index (χ1n) is 43.3. The van der Waals surface area contributed by atoms with Crippen LogP contribution in [0.25, 0.3) is 21.3 Å². The van der Waals surface area contributed by atoms with Crippen molar-refractivity contribution in [2.75, 3.05) is 26.2 Å². The summed E-state index contributed by atoms with van der Waals surface area (Å²) in [4.78, 5) is 10.8. The monoisotopic (exact) mass is 1780 g/mol. The van der Waals surface area contributed by atoms with Gasteiger partial charge in [-0.1, -0.05) is 287 Å². The summed E-state index contributed by atoms with van der Waals surface area (Å²) in [7, 11) is -1.45. The number of amidine groups is 2. The van der Waals surface area contributed by atoms with Crippen LogP contribution in [-0.4, -0.2) is 73.8 Å². The van der Waals surface area contributed by atoms with Crippen molar-refractivity contribution < 1.29 is 52.4 Å². The summed E-state index contributed by atoms with van der Waals surface area (Å²) in [5, 5.41) is 32.6. The molecule has 10 aromatic rings. The third kappa shape index (κ3) is 48.3. The molecule has 4 aliphatic rings. The molecule has 0 aromatic heterocycles. The number of hydrogen-bond donors (Lipinski definition) is 2. The molecule has 119 heavy (non-hydrogen) atoms. The molecule has 2 N–H and O–H groups in total. The van der Waals surface area contributed by atoms with Crippen LogP contribution < -0.4 is 31.9 Å². The van der Waals surface area contributed by atoms with Crippen molar-refractivity contribution in [3.63, 3.8) is 0 Å². The molecular weight excluding hydrogens is 1640 g/mol. The summed E-state index contributed by atoms with van der Waals surface area (Å²) in [6.07, 6.45) is 33.6. The summed E-state index contributed by atoms with van der Waals surface area (Å²) in [5.74, 6) is 0.